The van der Waals surface area contributed by atoms with Crippen LogP contribution < -0.4 is 5.73 Å². The van der Waals surface area contributed by atoms with Crippen LogP contribution in [0, 0.1) is 6.92 Å². The van der Waals surface area contributed by atoms with E-state index in [9.17, 15) is 13.5 Å². The van der Waals surface area contributed by atoms with Gasteiger partial charge in [0.2, 0.25) is 10.0 Å². The fourth-order valence-corrected chi connectivity index (χ4v) is 3.96. The highest BCUT2D eigenvalue weighted by molar-refractivity contribution is 7.89. The van der Waals surface area contributed by atoms with Gasteiger partial charge < -0.3 is 10.8 Å². The third-order valence-electron chi connectivity index (χ3n) is 3.30. The van der Waals surface area contributed by atoms with Gasteiger partial charge in [-0.2, -0.15) is 4.31 Å². The molecule has 5 nitrogen and oxygen atoms in total. The summed E-state index contributed by atoms with van der Waals surface area (Å²) in [7, 11) is -3.55. The van der Waals surface area contributed by atoms with E-state index in [1.807, 2.05) is 0 Å². The summed E-state index contributed by atoms with van der Waals surface area (Å²) in [6.45, 7) is 2.31. The SMILES string of the molecule is Cc1c(N)cccc1S(=O)(=O)N1CCC[C@H](O)C1. The van der Waals surface area contributed by atoms with Crippen LogP contribution >= 0.6 is 0 Å². The third-order valence-corrected chi connectivity index (χ3v) is 5.31. The molecule has 0 bridgehead atoms. The molecule has 1 aliphatic heterocycles. The first-order chi connectivity index (χ1) is 8.43. The van der Waals surface area contributed by atoms with Crippen molar-refractivity contribution in [3.8, 4) is 0 Å². The van der Waals surface area contributed by atoms with E-state index in [-0.39, 0.29) is 11.4 Å². The molecule has 100 valence electrons. The average molecular weight is 270 g/mol. The summed E-state index contributed by atoms with van der Waals surface area (Å²) in [5.74, 6) is 0. The summed E-state index contributed by atoms with van der Waals surface area (Å²) >= 11 is 0. The van der Waals surface area contributed by atoms with Crippen molar-refractivity contribution in [3.63, 3.8) is 0 Å². The van der Waals surface area contributed by atoms with Crippen molar-refractivity contribution in [2.24, 2.45) is 0 Å². The molecule has 1 atom stereocenters. The molecular formula is C12H18N2O3S. The molecular weight excluding hydrogens is 252 g/mol. The van der Waals surface area contributed by atoms with Gasteiger partial charge in [-0.3, -0.25) is 0 Å². The number of aliphatic hydroxyl groups excluding tert-OH is 1. The fourth-order valence-electron chi connectivity index (χ4n) is 2.19. The third kappa shape index (κ3) is 2.36. The van der Waals surface area contributed by atoms with Crippen molar-refractivity contribution in [1.82, 2.24) is 4.31 Å². The number of benzene rings is 1. The monoisotopic (exact) mass is 270 g/mol. The van der Waals surface area contributed by atoms with Gasteiger partial charge in [0.25, 0.3) is 0 Å². The van der Waals surface area contributed by atoms with Gasteiger partial charge >= 0.3 is 0 Å². The second-order valence-electron chi connectivity index (χ2n) is 4.63. The highest BCUT2D eigenvalue weighted by atomic mass is 32.2. The van der Waals surface area contributed by atoms with Gasteiger partial charge in [-0.1, -0.05) is 6.07 Å². The van der Waals surface area contributed by atoms with Gasteiger partial charge in [-0.25, -0.2) is 8.42 Å². The number of anilines is 1. The Bertz CT molecular complexity index is 542. The lowest BCUT2D eigenvalue weighted by molar-refractivity contribution is 0.108. The Morgan fingerprint density at radius 3 is 2.83 bits per heavy atom. The number of sulfonamides is 1. The van der Waals surface area contributed by atoms with Crippen LogP contribution in [0.25, 0.3) is 0 Å². The Balaban J connectivity index is 2.39. The van der Waals surface area contributed by atoms with E-state index in [0.29, 0.717) is 30.6 Å². The van der Waals surface area contributed by atoms with Gasteiger partial charge in [0, 0.05) is 18.8 Å². The maximum absolute atomic E-state index is 12.5. The van der Waals surface area contributed by atoms with Crippen LogP contribution in [0.2, 0.25) is 0 Å². The number of nitrogen functional groups attached to an aromatic ring is 1. The molecule has 3 N–H and O–H groups in total. The highest BCUT2D eigenvalue weighted by Crippen LogP contribution is 2.26. The van der Waals surface area contributed by atoms with Crippen molar-refractivity contribution >= 4 is 15.7 Å². The molecule has 0 saturated carbocycles. The molecule has 1 aromatic rings. The number of nitrogens with zero attached hydrogens (tertiary/aromatic N) is 1. The van der Waals surface area contributed by atoms with Crippen molar-refractivity contribution in [1.29, 1.82) is 0 Å². The second kappa shape index (κ2) is 4.87. The minimum atomic E-state index is -3.55. The Morgan fingerprint density at radius 2 is 2.17 bits per heavy atom. The summed E-state index contributed by atoms with van der Waals surface area (Å²) in [6.07, 6.45) is 0.763. The van der Waals surface area contributed by atoms with Crippen LogP contribution in [0.1, 0.15) is 18.4 Å². The van der Waals surface area contributed by atoms with E-state index < -0.39 is 16.1 Å². The molecule has 0 spiro atoms. The Hall–Kier alpha value is -1.11. The van der Waals surface area contributed by atoms with E-state index in [0.717, 1.165) is 0 Å². The zero-order valence-electron chi connectivity index (χ0n) is 10.3. The quantitative estimate of drug-likeness (QED) is 0.776. The molecule has 0 unspecified atom stereocenters. The van der Waals surface area contributed by atoms with Crippen molar-refractivity contribution in [2.45, 2.75) is 30.8 Å². The molecule has 0 radical (unpaired) electrons. The number of hydrogen-bond acceptors (Lipinski definition) is 4. The molecule has 0 aromatic heterocycles. The maximum Gasteiger partial charge on any atom is 0.243 e. The molecule has 1 aliphatic rings. The maximum atomic E-state index is 12.5. The summed E-state index contributed by atoms with van der Waals surface area (Å²) in [5.41, 5.74) is 6.78. The number of rotatable bonds is 2. The van der Waals surface area contributed by atoms with E-state index in [1.54, 1.807) is 25.1 Å². The first-order valence-electron chi connectivity index (χ1n) is 5.96. The highest BCUT2D eigenvalue weighted by Gasteiger charge is 2.30. The predicted molar refractivity (Wildman–Crippen MR) is 69.6 cm³/mol. The summed E-state index contributed by atoms with van der Waals surface area (Å²) < 4.78 is 26.3. The largest absolute Gasteiger partial charge is 0.398 e. The molecule has 0 aliphatic carbocycles. The van der Waals surface area contributed by atoms with Crippen LogP contribution in [-0.2, 0) is 10.0 Å². The van der Waals surface area contributed by atoms with E-state index in [4.69, 9.17) is 5.73 Å². The Labute approximate surface area is 107 Å². The molecule has 1 saturated heterocycles. The molecule has 1 fully saturated rings. The van der Waals surface area contributed by atoms with Gasteiger partial charge in [0.1, 0.15) is 0 Å². The summed E-state index contributed by atoms with van der Waals surface area (Å²) in [5, 5.41) is 9.58. The van der Waals surface area contributed by atoms with E-state index >= 15 is 0 Å². The number of nitrogens with two attached hydrogens (primary N) is 1. The normalized spacial score (nSPS) is 22.0. The standard InChI is InChI=1S/C12H18N2O3S/c1-9-11(13)5-2-6-12(9)18(16,17)14-7-3-4-10(15)8-14/h2,5-6,10,15H,3-4,7-8,13H2,1H3/t10-/m0/s1. The topological polar surface area (TPSA) is 83.6 Å². The summed E-state index contributed by atoms with van der Waals surface area (Å²) in [4.78, 5) is 0.233. The molecule has 6 heteroatoms. The Morgan fingerprint density at radius 1 is 1.44 bits per heavy atom. The van der Waals surface area contributed by atoms with Crippen LogP contribution in [0.5, 0.6) is 0 Å². The van der Waals surface area contributed by atoms with E-state index in [1.165, 1.54) is 4.31 Å². The van der Waals surface area contributed by atoms with Crippen molar-refractivity contribution in [3.05, 3.63) is 23.8 Å². The van der Waals surface area contributed by atoms with Crippen LogP contribution in [-0.4, -0.2) is 37.0 Å². The first kappa shape index (κ1) is 13.3. The smallest absolute Gasteiger partial charge is 0.243 e. The fraction of sp³-hybridized carbons (Fsp3) is 0.500. The zero-order chi connectivity index (χ0) is 13.3. The van der Waals surface area contributed by atoms with Crippen LogP contribution in [0.4, 0.5) is 5.69 Å². The van der Waals surface area contributed by atoms with Crippen molar-refractivity contribution in [2.75, 3.05) is 18.8 Å². The molecule has 18 heavy (non-hydrogen) atoms. The summed E-state index contributed by atoms with van der Waals surface area (Å²) in [6, 6.07) is 4.87. The lowest BCUT2D eigenvalue weighted by Crippen LogP contribution is -2.42. The first-order valence-corrected chi connectivity index (χ1v) is 7.40. The lowest BCUT2D eigenvalue weighted by Gasteiger charge is -2.29. The van der Waals surface area contributed by atoms with Gasteiger partial charge in [-0.05, 0) is 37.5 Å². The molecule has 1 aromatic carbocycles. The number of piperidine rings is 1. The minimum absolute atomic E-state index is 0.163. The molecule has 1 heterocycles. The molecule has 2 rings (SSSR count). The van der Waals surface area contributed by atoms with Gasteiger partial charge in [0.15, 0.2) is 0 Å². The van der Waals surface area contributed by atoms with Crippen LogP contribution in [0.3, 0.4) is 0 Å². The second-order valence-corrected chi connectivity index (χ2v) is 6.54. The average Bonchev–Trinajstić information content (AvgIpc) is 2.32. The number of aliphatic hydroxyl groups is 1. The predicted octanol–water partition coefficient (Wildman–Crippen LogP) is 0.723. The Kier molecular flexibility index (Phi) is 3.61. The van der Waals surface area contributed by atoms with Crippen LogP contribution in [0.15, 0.2) is 23.1 Å². The van der Waals surface area contributed by atoms with Crippen molar-refractivity contribution < 1.29 is 13.5 Å². The van der Waals surface area contributed by atoms with Gasteiger partial charge in [0.05, 0.1) is 11.0 Å². The molecule has 0 amide bonds. The zero-order valence-corrected chi connectivity index (χ0v) is 11.2. The van der Waals surface area contributed by atoms with E-state index in [2.05, 4.69) is 0 Å². The number of hydrogen-bond donors (Lipinski definition) is 2. The van der Waals surface area contributed by atoms with Gasteiger partial charge in [-0.15, -0.1) is 0 Å². The lowest BCUT2D eigenvalue weighted by atomic mass is 10.1. The number of β-amino-alcohol motifs (C(OH)–C–C–N with tert-alkyl or cyclic N) is 1. The minimum Gasteiger partial charge on any atom is -0.398 e.